The summed E-state index contributed by atoms with van der Waals surface area (Å²) in [6, 6.07) is 15.9. The summed E-state index contributed by atoms with van der Waals surface area (Å²) in [5, 5.41) is 3.34. The number of amides is 2. The molecule has 0 radical (unpaired) electrons. The van der Waals surface area contributed by atoms with Gasteiger partial charge in [0.05, 0.1) is 13.1 Å². The van der Waals surface area contributed by atoms with Crippen molar-refractivity contribution < 1.29 is 14.3 Å². The molecule has 3 rings (SSSR count). The zero-order valence-corrected chi connectivity index (χ0v) is 13.0. The Balaban J connectivity index is 1.56. The van der Waals surface area contributed by atoms with Gasteiger partial charge < -0.3 is 10.1 Å². The molecule has 1 N–H and O–H groups in total. The molecule has 2 amide bonds. The molecule has 2 aromatic carbocycles. The average Bonchev–Trinajstić information content (AvgIpc) is 2.95. The minimum atomic E-state index is -0.401. The van der Waals surface area contributed by atoms with Gasteiger partial charge in [0.1, 0.15) is 6.10 Å². The lowest BCUT2D eigenvalue weighted by Crippen LogP contribution is -2.34. The summed E-state index contributed by atoms with van der Waals surface area (Å²) in [7, 11) is 0. The molecule has 0 spiro atoms. The summed E-state index contributed by atoms with van der Waals surface area (Å²) < 4.78 is 5.28. The molecule has 1 fully saturated rings. The molecule has 1 heterocycles. The van der Waals surface area contributed by atoms with Crippen LogP contribution in [0.25, 0.3) is 0 Å². The number of nitrogens with one attached hydrogen (secondary N) is 1. The summed E-state index contributed by atoms with van der Waals surface area (Å²) >= 11 is 5.79. The highest BCUT2D eigenvalue weighted by molar-refractivity contribution is 6.30. The number of para-hydroxylation sites is 1. The molecule has 1 unspecified atom stereocenters. The van der Waals surface area contributed by atoms with Crippen molar-refractivity contribution in [2.45, 2.75) is 6.10 Å². The molecule has 6 heteroatoms. The van der Waals surface area contributed by atoms with Crippen molar-refractivity contribution in [3.63, 3.8) is 0 Å². The first-order valence-corrected chi connectivity index (χ1v) is 7.58. The first-order valence-electron chi connectivity index (χ1n) is 7.20. The van der Waals surface area contributed by atoms with Gasteiger partial charge in [-0.3, -0.25) is 9.69 Å². The Morgan fingerprint density at radius 3 is 2.57 bits per heavy atom. The number of carbonyl (C=O) groups excluding carboxylic acids is 2. The lowest BCUT2D eigenvalue weighted by atomic mass is 10.2. The van der Waals surface area contributed by atoms with E-state index in [-0.39, 0.29) is 18.6 Å². The number of halogens is 1. The van der Waals surface area contributed by atoms with Crippen molar-refractivity contribution in [2.24, 2.45) is 0 Å². The van der Waals surface area contributed by atoms with Gasteiger partial charge in [-0.2, -0.15) is 0 Å². The Kier molecular flexibility index (Phi) is 4.48. The quantitative estimate of drug-likeness (QED) is 0.937. The second kappa shape index (κ2) is 6.71. The number of benzene rings is 2. The normalized spacial score (nSPS) is 17.0. The van der Waals surface area contributed by atoms with Gasteiger partial charge in [-0.25, -0.2) is 4.79 Å². The highest BCUT2D eigenvalue weighted by Gasteiger charge is 2.32. The van der Waals surface area contributed by atoms with Gasteiger partial charge in [0.15, 0.2) is 0 Å². The Labute approximate surface area is 138 Å². The van der Waals surface area contributed by atoms with Gasteiger partial charge in [-0.1, -0.05) is 29.8 Å². The Bertz CT molecular complexity index is 704. The fraction of sp³-hybridized carbons (Fsp3) is 0.176. The molecule has 1 aliphatic heterocycles. The Morgan fingerprint density at radius 2 is 1.87 bits per heavy atom. The third kappa shape index (κ3) is 3.63. The number of rotatable bonds is 4. The van der Waals surface area contributed by atoms with Crippen LogP contribution in [0.3, 0.4) is 0 Å². The maximum Gasteiger partial charge on any atom is 0.414 e. The Hall–Kier alpha value is -2.53. The predicted octanol–water partition coefficient (Wildman–Crippen LogP) is 3.10. The molecular formula is C17H15ClN2O3. The summed E-state index contributed by atoms with van der Waals surface area (Å²) in [6.07, 6.45) is -0.777. The number of hydrogen-bond acceptors (Lipinski definition) is 3. The summed E-state index contributed by atoms with van der Waals surface area (Å²) in [6.45, 7) is 0.667. The van der Waals surface area contributed by atoms with Crippen LogP contribution in [0.15, 0.2) is 54.6 Å². The van der Waals surface area contributed by atoms with E-state index in [2.05, 4.69) is 5.32 Å². The molecule has 1 aliphatic rings. The summed E-state index contributed by atoms with van der Waals surface area (Å²) in [4.78, 5) is 25.5. The molecule has 118 valence electrons. The van der Waals surface area contributed by atoms with Crippen molar-refractivity contribution in [3.05, 3.63) is 65.2 Å². The van der Waals surface area contributed by atoms with Crippen LogP contribution in [0.5, 0.6) is 0 Å². The van der Waals surface area contributed by atoms with Crippen molar-refractivity contribution in [2.75, 3.05) is 18.0 Å². The number of carbonyl (C=O) groups is 2. The summed E-state index contributed by atoms with van der Waals surface area (Å²) in [5.74, 6) is -0.226. The zero-order chi connectivity index (χ0) is 16.2. The largest absolute Gasteiger partial charge is 0.442 e. The van der Waals surface area contributed by atoms with Crippen LogP contribution in [0.2, 0.25) is 5.02 Å². The maximum absolute atomic E-state index is 12.0. The average molecular weight is 331 g/mol. The van der Waals surface area contributed by atoms with Crippen molar-refractivity contribution in [1.82, 2.24) is 5.32 Å². The molecule has 0 aromatic heterocycles. The lowest BCUT2D eigenvalue weighted by Gasteiger charge is -2.12. The first-order chi connectivity index (χ1) is 11.1. The van der Waals surface area contributed by atoms with Crippen molar-refractivity contribution >= 4 is 29.3 Å². The molecular weight excluding hydrogens is 316 g/mol. The van der Waals surface area contributed by atoms with Crippen LogP contribution in [0, 0.1) is 0 Å². The third-order valence-electron chi connectivity index (χ3n) is 3.54. The van der Waals surface area contributed by atoms with Gasteiger partial charge in [0.2, 0.25) is 0 Å². The van der Waals surface area contributed by atoms with E-state index in [1.807, 2.05) is 30.3 Å². The SMILES string of the molecule is O=C(NCC1CN(c2ccccc2)C(=O)O1)c1ccc(Cl)cc1. The van der Waals surface area contributed by atoms with E-state index in [0.717, 1.165) is 5.69 Å². The predicted molar refractivity (Wildman–Crippen MR) is 87.8 cm³/mol. The first kappa shape index (κ1) is 15.4. The van der Waals surface area contributed by atoms with Crippen molar-refractivity contribution in [3.8, 4) is 0 Å². The number of nitrogens with zero attached hydrogens (tertiary/aromatic N) is 1. The second-order valence-corrected chi connectivity index (χ2v) is 5.61. The molecule has 0 aliphatic carbocycles. The maximum atomic E-state index is 12.0. The van der Waals surface area contributed by atoms with Crippen LogP contribution in [-0.4, -0.2) is 31.2 Å². The molecule has 5 nitrogen and oxygen atoms in total. The van der Waals surface area contributed by atoms with Gasteiger partial charge in [0.25, 0.3) is 5.91 Å². The number of hydrogen-bond donors (Lipinski definition) is 1. The lowest BCUT2D eigenvalue weighted by molar-refractivity contribution is 0.0916. The molecule has 1 saturated heterocycles. The van der Waals surface area contributed by atoms with Crippen LogP contribution in [0.1, 0.15) is 10.4 Å². The monoisotopic (exact) mass is 330 g/mol. The van der Waals surface area contributed by atoms with Gasteiger partial charge in [-0.15, -0.1) is 0 Å². The number of ether oxygens (including phenoxy) is 1. The standard InChI is InChI=1S/C17H15ClN2O3/c18-13-8-6-12(7-9-13)16(21)19-10-15-11-20(17(22)23-15)14-4-2-1-3-5-14/h1-9,15H,10-11H2,(H,19,21). The van der Waals surface area contributed by atoms with E-state index in [9.17, 15) is 9.59 Å². The van der Waals surface area contributed by atoms with Gasteiger partial charge in [-0.05, 0) is 36.4 Å². The highest BCUT2D eigenvalue weighted by atomic mass is 35.5. The third-order valence-corrected chi connectivity index (χ3v) is 3.79. The Morgan fingerprint density at radius 1 is 1.17 bits per heavy atom. The van der Waals surface area contributed by atoms with Crippen molar-refractivity contribution in [1.29, 1.82) is 0 Å². The van der Waals surface area contributed by atoms with Crippen LogP contribution in [-0.2, 0) is 4.74 Å². The summed E-state index contributed by atoms with van der Waals surface area (Å²) in [5.41, 5.74) is 1.29. The fourth-order valence-electron chi connectivity index (χ4n) is 2.36. The second-order valence-electron chi connectivity index (χ2n) is 5.17. The van der Waals surface area contributed by atoms with Crippen LogP contribution >= 0.6 is 11.6 Å². The van der Waals surface area contributed by atoms with Crippen LogP contribution < -0.4 is 10.2 Å². The van der Waals surface area contributed by atoms with E-state index in [1.165, 1.54) is 0 Å². The van der Waals surface area contributed by atoms with Crippen LogP contribution in [0.4, 0.5) is 10.5 Å². The van der Waals surface area contributed by atoms with Gasteiger partial charge in [0, 0.05) is 16.3 Å². The number of anilines is 1. The zero-order valence-electron chi connectivity index (χ0n) is 12.2. The van der Waals surface area contributed by atoms with E-state index in [0.29, 0.717) is 17.1 Å². The fourth-order valence-corrected chi connectivity index (χ4v) is 2.48. The smallest absolute Gasteiger partial charge is 0.414 e. The number of cyclic esters (lactones) is 1. The van der Waals surface area contributed by atoms with Gasteiger partial charge >= 0.3 is 6.09 Å². The van der Waals surface area contributed by atoms with E-state index < -0.39 is 6.09 Å². The molecule has 2 aromatic rings. The van der Waals surface area contributed by atoms with E-state index >= 15 is 0 Å². The molecule has 1 atom stereocenters. The van der Waals surface area contributed by atoms with E-state index in [4.69, 9.17) is 16.3 Å². The van der Waals surface area contributed by atoms with E-state index in [1.54, 1.807) is 29.2 Å². The molecule has 0 saturated carbocycles. The minimum Gasteiger partial charge on any atom is -0.442 e. The minimum absolute atomic E-state index is 0.226. The molecule has 23 heavy (non-hydrogen) atoms. The topological polar surface area (TPSA) is 58.6 Å². The molecule has 0 bridgehead atoms. The highest BCUT2D eigenvalue weighted by Crippen LogP contribution is 2.20.